The molecule has 1 saturated heterocycles. The van der Waals surface area contributed by atoms with Gasteiger partial charge >= 0.3 is 0 Å². The zero-order valence-corrected chi connectivity index (χ0v) is 20.4. The molecule has 33 heavy (non-hydrogen) atoms. The first-order chi connectivity index (χ1) is 15.7. The Kier molecular flexibility index (Phi) is 6.91. The minimum atomic E-state index is -3.56. The molecule has 8 heteroatoms. The van der Waals surface area contributed by atoms with E-state index in [0.717, 1.165) is 48.1 Å². The Bertz CT molecular complexity index is 1270. The van der Waals surface area contributed by atoms with Crippen molar-refractivity contribution < 1.29 is 13.2 Å². The van der Waals surface area contributed by atoms with E-state index in [9.17, 15) is 13.2 Å². The van der Waals surface area contributed by atoms with Crippen LogP contribution in [0.25, 0.3) is 10.8 Å². The van der Waals surface area contributed by atoms with E-state index < -0.39 is 9.84 Å². The van der Waals surface area contributed by atoms with Crippen molar-refractivity contribution in [2.24, 2.45) is 0 Å². The number of sulfone groups is 1. The summed E-state index contributed by atoms with van der Waals surface area (Å²) in [5.74, 6) is -0.339. The van der Waals surface area contributed by atoms with Crippen LogP contribution in [0, 0.1) is 6.92 Å². The molecule has 0 unspecified atom stereocenters. The molecule has 2 heterocycles. The number of halogens is 1. The molecule has 0 spiro atoms. The number of pyridine rings is 1. The van der Waals surface area contributed by atoms with Gasteiger partial charge in [0.05, 0.1) is 10.6 Å². The molecule has 2 aromatic carbocycles. The number of amides is 1. The fourth-order valence-electron chi connectivity index (χ4n) is 4.35. The van der Waals surface area contributed by atoms with Gasteiger partial charge in [-0.1, -0.05) is 23.7 Å². The van der Waals surface area contributed by atoms with Crippen molar-refractivity contribution in [3.05, 3.63) is 65.4 Å². The van der Waals surface area contributed by atoms with Gasteiger partial charge in [-0.25, -0.2) is 8.42 Å². The molecule has 0 bridgehead atoms. The Labute approximate surface area is 200 Å². The molecular weight excluding hydrogens is 458 g/mol. The number of nitrogens with zero attached hydrogens (tertiary/aromatic N) is 3. The average molecular weight is 486 g/mol. The summed E-state index contributed by atoms with van der Waals surface area (Å²) in [6.45, 7) is 3.68. The van der Waals surface area contributed by atoms with Crippen molar-refractivity contribution in [1.82, 2.24) is 9.88 Å². The third-order valence-corrected chi connectivity index (χ3v) is 8.32. The number of fused-ring (bicyclic) bond motifs is 1. The van der Waals surface area contributed by atoms with Crippen LogP contribution in [-0.2, 0) is 14.6 Å². The molecule has 1 aliphatic heterocycles. The molecule has 0 atom stereocenters. The number of hydrogen-bond donors (Lipinski definition) is 0. The summed E-state index contributed by atoms with van der Waals surface area (Å²) in [5.41, 5.74) is 2.14. The summed E-state index contributed by atoms with van der Waals surface area (Å²) in [6, 6.07) is 14.5. The minimum Gasteiger partial charge on any atom is -0.371 e. The van der Waals surface area contributed by atoms with Crippen LogP contribution >= 0.6 is 11.6 Å². The molecule has 1 aliphatic rings. The standard InChI is InChI=1S/C25H28ClN3O3S/c1-18-15-23(7-11-27-18)29-12-8-22(9-13-29)28(2)25(30)10-14-33(31,32)24-6-4-19-16-21(26)5-3-20(19)17-24/h3-7,11,15-17,22H,8-10,12-14H2,1-2H3. The molecular formula is C25H28ClN3O3S. The highest BCUT2D eigenvalue weighted by atomic mass is 35.5. The lowest BCUT2D eigenvalue weighted by atomic mass is 10.0. The second kappa shape index (κ2) is 9.69. The number of rotatable bonds is 6. The number of anilines is 1. The Hall–Kier alpha value is -2.64. The summed E-state index contributed by atoms with van der Waals surface area (Å²) in [4.78, 5) is 21.3. The van der Waals surface area contributed by atoms with Gasteiger partial charge in [0.25, 0.3) is 0 Å². The van der Waals surface area contributed by atoms with Crippen molar-refractivity contribution >= 4 is 43.8 Å². The van der Waals surface area contributed by atoms with Gasteiger partial charge < -0.3 is 9.80 Å². The topological polar surface area (TPSA) is 70.6 Å². The maximum absolute atomic E-state index is 12.9. The molecule has 1 fully saturated rings. The van der Waals surface area contributed by atoms with Crippen molar-refractivity contribution in [1.29, 1.82) is 0 Å². The molecule has 6 nitrogen and oxygen atoms in total. The monoisotopic (exact) mass is 485 g/mol. The Morgan fingerprint density at radius 3 is 2.52 bits per heavy atom. The van der Waals surface area contributed by atoms with Gasteiger partial charge in [-0.05, 0) is 66.9 Å². The fourth-order valence-corrected chi connectivity index (χ4v) is 5.79. The molecule has 3 aromatic rings. The minimum absolute atomic E-state index is 0.0265. The van der Waals surface area contributed by atoms with E-state index in [1.54, 1.807) is 48.3 Å². The number of aryl methyl sites for hydroxylation is 1. The van der Waals surface area contributed by atoms with Crippen LogP contribution in [0.3, 0.4) is 0 Å². The lowest BCUT2D eigenvalue weighted by Crippen LogP contribution is -2.46. The Morgan fingerprint density at radius 1 is 1.09 bits per heavy atom. The van der Waals surface area contributed by atoms with Crippen LogP contribution in [0.1, 0.15) is 25.0 Å². The van der Waals surface area contributed by atoms with Crippen LogP contribution in [0.15, 0.2) is 59.6 Å². The first kappa shape index (κ1) is 23.5. The van der Waals surface area contributed by atoms with Crippen molar-refractivity contribution in [3.63, 3.8) is 0 Å². The molecule has 0 aliphatic carbocycles. The van der Waals surface area contributed by atoms with Gasteiger partial charge in [0.15, 0.2) is 9.84 Å². The molecule has 174 valence electrons. The molecule has 0 saturated carbocycles. The zero-order chi connectivity index (χ0) is 23.6. The maximum atomic E-state index is 12.9. The second-order valence-corrected chi connectivity index (χ2v) is 11.1. The predicted octanol–water partition coefficient (Wildman–Crippen LogP) is 4.49. The van der Waals surface area contributed by atoms with Crippen LogP contribution in [0.4, 0.5) is 5.69 Å². The van der Waals surface area contributed by atoms with Gasteiger partial charge in [-0.15, -0.1) is 0 Å². The van der Waals surface area contributed by atoms with Crippen LogP contribution in [0.2, 0.25) is 5.02 Å². The number of aromatic nitrogens is 1. The number of carbonyl (C=O) groups is 1. The Balaban J connectivity index is 1.34. The summed E-state index contributed by atoms with van der Waals surface area (Å²) in [5, 5.41) is 2.29. The van der Waals surface area contributed by atoms with Gasteiger partial charge in [0.2, 0.25) is 5.91 Å². The number of benzene rings is 2. The van der Waals surface area contributed by atoms with Crippen LogP contribution < -0.4 is 4.90 Å². The van der Waals surface area contributed by atoms with E-state index >= 15 is 0 Å². The summed E-state index contributed by atoms with van der Waals surface area (Å²) in [6.07, 6.45) is 3.49. The largest absolute Gasteiger partial charge is 0.371 e. The highest BCUT2D eigenvalue weighted by molar-refractivity contribution is 7.91. The first-order valence-corrected chi connectivity index (χ1v) is 13.1. The Morgan fingerprint density at radius 2 is 1.79 bits per heavy atom. The van der Waals surface area contributed by atoms with Crippen molar-refractivity contribution in [2.45, 2.75) is 37.1 Å². The summed E-state index contributed by atoms with van der Waals surface area (Å²) in [7, 11) is -1.78. The third kappa shape index (κ3) is 5.47. The zero-order valence-electron chi connectivity index (χ0n) is 18.9. The van der Waals surface area contributed by atoms with E-state index in [4.69, 9.17) is 11.6 Å². The fraction of sp³-hybridized carbons (Fsp3) is 0.360. The smallest absolute Gasteiger partial charge is 0.223 e. The average Bonchev–Trinajstić information content (AvgIpc) is 2.82. The molecule has 0 radical (unpaired) electrons. The highest BCUT2D eigenvalue weighted by Gasteiger charge is 2.27. The highest BCUT2D eigenvalue weighted by Crippen LogP contribution is 2.25. The summed E-state index contributed by atoms with van der Waals surface area (Å²) >= 11 is 6.01. The second-order valence-electron chi connectivity index (χ2n) is 8.60. The molecule has 0 N–H and O–H groups in total. The third-order valence-electron chi connectivity index (χ3n) is 6.37. The summed E-state index contributed by atoms with van der Waals surface area (Å²) < 4.78 is 25.7. The van der Waals surface area contributed by atoms with Crippen LogP contribution in [-0.4, -0.2) is 56.1 Å². The van der Waals surface area contributed by atoms with E-state index in [0.29, 0.717) is 5.02 Å². The van der Waals surface area contributed by atoms with Crippen molar-refractivity contribution in [3.8, 4) is 0 Å². The first-order valence-electron chi connectivity index (χ1n) is 11.1. The van der Waals surface area contributed by atoms with E-state index in [1.165, 1.54) is 0 Å². The van der Waals surface area contributed by atoms with E-state index in [-0.39, 0.29) is 29.0 Å². The lowest BCUT2D eigenvalue weighted by Gasteiger charge is -2.38. The molecule has 1 amide bonds. The van der Waals surface area contributed by atoms with Gasteiger partial charge in [-0.3, -0.25) is 9.78 Å². The van der Waals surface area contributed by atoms with E-state index in [2.05, 4.69) is 16.0 Å². The van der Waals surface area contributed by atoms with Crippen molar-refractivity contribution in [2.75, 3.05) is 30.8 Å². The predicted molar refractivity (Wildman–Crippen MR) is 133 cm³/mol. The molecule has 1 aromatic heterocycles. The lowest BCUT2D eigenvalue weighted by molar-refractivity contribution is -0.131. The quantitative estimate of drug-likeness (QED) is 0.514. The number of piperidine rings is 1. The number of hydrogen-bond acceptors (Lipinski definition) is 5. The van der Waals surface area contributed by atoms with Gasteiger partial charge in [-0.2, -0.15) is 0 Å². The SMILES string of the molecule is Cc1cc(N2CCC(N(C)C(=O)CCS(=O)(=O)c3ccc4cc(Cl)ccc4c3)CC2)ccn1. The van der Waals surface area contributed by atoms with Gasteiger partial charge in [0, 0.05) is 55.2 Å². The van der Waals surface area contributed by atoms with E-state index in [1.807, 2.05) is 19.2 Å². The normalized spacial score (nSPS) is 15.1. The van der Waals surface area contributed by atoms with Crippen LogP contribution in [0.5, 0.6) is 0 Å². The number of carbonyl (C=O) groups excluding carboxylic acids is 1. The maximum Gasteiger partial charge on any atom is 0.223 e. The molecule has 4 rings (SSSR count). The van der Waals surface area contributed by atoms with Gasteiger partial charge in [0.1, 0.15) is 0 Å².